The van der Waals surface area contributed by atoms with Crippen molar-refractivity contribution < 1.29 is 4.79 Å². The number of benzene rings is 1. The zero-order valence-electron chi connectivity index (χ0n) is 18.8. The number of hydrogen-bond acceptors (Lipinski definition) is 4. The van der Waals surface area contributed by atoms with Gasteiger partial charge in [0.1, 0.15) is 6.67 Å². The highest BCUT2D eigenvalue weighted by atomic mass is 79.9. The SMILES string of the molecule is Cc1ccccc1Cn1nc(C)c(NC(=O)c2ccn(Cn3nc(C)c(Br)c3C)n2)c1C. The second-order valence-electron chi connectivity index (χ2n) is 7.95. The quantitative estimate of drug-likeness (QED) is 0.430. The minimum atomic E-state index is -0.264. The van der Waals surface area contributed by atoms with Gasteiger partial charge in [0, 0.05) is 6.20 Å². The molecule has 0 aliphatic carbocycles. The molecule has 166 valence electrons. The van der Waals surface area contributed by atoms with Gasteiger partial charge in [0.2, 0.25) is 0 Å². The van der Waals surface area contributed by atoms with Crippen molar-refractivity contribution in [2.24, 2.45) is 0 Å². The summed E-state index contributed by atoms with van der Waals surface area (Å²) in [5, 5.41) is 16.5. The number of nitrogens with zero attached hydrogens (tertiary/aromatic N) is 6. The van der Waals surface area contributed by atoms with E-state index in [1.165, 1.54) is 11.1 Å². The molecule has 0 fully saturated rings. The normalized spacial score (nSPS) is 11.2. The molecule has 0 aliphatic rings. The van der Waals surface area contributed by atoms with Gasteiger partial charge in [-0.25, -0.2) is 4.68 Å². The van der Waals surface area contributed by atoms with Crippen molar-refractivity contribution in [3.05, 3.63) is 80.6 Å². The molecule has 4 rings (SSSR count). The van der Waals surface area contributed by atoms with Crippen LogP contribution in [0, 0.1) is 34.6 Å². The van der Waals surface area contributed by atoms with Crippen LogP contribution in [-0.4, -0.2) is 35.2 Å². The summed E-state index contributed by atoms with van der Waals surface area (Å²) in [5.41, 5.74) is 7.09. The minimum Gasteiger partial charge on any atom is -0.317 e. The van der Waals surface area contributed by atoms with E-state index in [4.69, 9.17) is 0 Å². The molecule has 1 amide bonds. The van der Waals surface area contributed by atoms with Crippen LogP contribution in [0.5, 0.6) is 0 Å². The molecule has 9 heteroatoms. The molecule has 0 atom stereocenters. The van der Waals surface area contributed by atoms with Crippen molar-refractivity contribution >= 4 is 27.5 Å². The standard InChI is InChI=1S/C23H26BrN7O/c1-14-8-6-7-9-19(14)12-30-18(5)22(16(3)27-30)25-23(32)20-10-11-29(28-20)13-31-17(4)21(24)15(2)26-31/h6-11H,12-13H2,1-5H3,(H,25,32). The number of rotatable bonds is 6. The van der Waals surface area contributed by atoms with Gasteiger partial charge in [-0.1, -0.05) is 24.3 Å². The van der Waals surface area contributed by atoms with Crippen LogP contribution in [0.1, 0.15) is 44.4 Å². The number of aromatic nitrogens is 6. The average Bonchev–Trinajstić information content (AvgIpc) is 3.40. The highest BCUT2D eigenvalue weighted by Crippen LogP contribution is 2.22. The van der Waals surface area contributed by atoms with E-state index < -0.39 is 0 Å². The van der Waals surface area contributed by atoms with Crippen molar-refractivity contribution in [3.63, 3.8) is 0 Å². The Morgan fingerprint density at radius 3 is 2.34 bits per heavy atom. The first-order chi connectivity index (χ1) is 15.2. The minimum absolute atomic E-state index is 0.264. The monoisotopic (exact) mass is 495 g/mol. The van der Waals surface area contributed by atoms with Gasteiger partial charge >= 0.3 is 0 Å². The molecule has 32 heavy (non-hydrogen) atoms. The fourth-order valence-corrected chi connectivity index (χ4v) is 3.95. The highest BCUT2D eigenvalue weighted by molar-refractivity contribution is 9.10. The summed E-state index contributed by atoms with van der Waals surface area (Å²) in [7, 11) is 0. The molecule has 0 saturated carbocycles. The number of carbonyl (C=O) groups is 1. The van der Waals surface area contributed by atoms with Gasteiger partial charge in [-0.05, 0) is 67.7 Å². The Morgan fingerprint density at radius 2 is 1.66 bits per heavy atom. The lowest BCUT2D eigenvalue weighted by Gasteiger charge is -2.08. The number of carbonyl (C=O) groups excluding carboxylic acids is 1. The van der Waals surface area contributed by atoms with Crippen molar-refractivity contribution in [2.45, 2.75) is 47.8 Å². The Bertz CT molecular complexity index is 1300. The largest absolute Gasteiger partial charge is 0.317 e. The fraction of sp³-hybridized carbons (Fsp3) is 0.304. The topological polar surface area (TPSA) is 82.6 Å². The van der Waals surface area contributed by atoms with Crippen molar-refractivity contribution in [2.75, 3.05) is 5.32 Å². The zero-order valence-corrected chi connectivity index (χ0v) is 20.4. The van der Waals surface area contributed by atoms with E-state index in [0.717, 1.165) is 32.9 Å². The molecular formula is C23H26BrN7O. The maximum atomic E-state index is 12.9. The van der Waals surface area contributed by atoms with Crippen LogP contribution < -0.4 is 5.32 Å². The molecule has 4 aromatic rings. The van der Waals surface area contributed by atoms with E-state index in [0.29, 0.717) is 18.9 Å². The van der Waals surface area contributed by atoms with E-state index in [1.54, 1.807) is 16.9 Å². The Balaban J connectivity index is 1.49. The first-order valence-electron chi connectivity index (χ1n) is 10.4. The number of anilines is 1. The fourth-order valence-electron chi connectivity index (χ4n) is 3.67. The highest BCUT2D eigenvalue weighted by Gasteiger charge is 2.18. The Hall–Kier alpha value is -3.20. The predicted octanol–water partition coefficient (Wildman–Crippen LogP) is 4.39. The molecule has 0 radical (unpaired) electrons. The lowest BCUT2D eigenvalue weighted by atomic mass is 10.1. The number of halogens is 1. The zero-order chi connectivity index (χ0) is 23.0. The third-order valence-electron chi connectivity index (χ3n) is 5.65. The first kappa shape index (κ1) is 22.0. The number of amides is 1. The molecule has 1 N–H and O–H groups in total. The van der Waals surface area contributed by atoms with Gasteiger partial charge in [0.15, 0.2) is 5.69 Å². The summed E-state index contributed by atoms with van der Waals surface area (Å²) in [5.74, 6) is -0.264. The smallest absolute Gasteiger partial charge is 0.276 e. The van der Waals surface area contributed by atoms with Gasteiger partial charge in [0.25, 0.3) is 5.91 Å². The second-order valence-corrected chi connectivity index (χ2v) is 8.74. The summed E-state index contributed by atoms with van der Waals surface area (Å²) in [6.45, 7) is 11.0. The molecule has 3 heterocycles. The van der Waals surface area contributed by atoms with Crippen molar-refractivity contribution in [3.8, 4) is 0 Å². The van der Waals surface area contributed by atoms with E-state index in [1.807, 2.05) is 49.2 Å². The van der Waals surface area contributed by atoms with E-state index in [-0.39, 0.29) is 5.91 Å². The van der Waals surface area contributed by atoms with Crippen LogP contribution in [0.4, 0.5) is 5.69 Å². The Labute approximate surface area is 195 Å². The molecule has 0 unspecified atom stereocenters. The lowest BCUT2D eigenvalue weighted by Crippen LogP contribution is -2.16. The summed E-state index contributed by atoms with van der Waals surface area (Å²) >= 11 is 3.53. The van der Waals surface area contributed by atoms with Crippen LogP contribution in [0.25, 0.3) is 0 Å². The Kier molecular flexibility index (Phi) is 6.01. The molecule has 3 aromatic heterocycles. The summed E-state index contributed by atoms with van der Waals surface area (Å²) in [6.07, 6.45) is 1.78. The van der Waals surface area contributed by atoms with Crippen LogP contribution in [0.15, 0.2) is 41.0 Å². The van der Waals surface area contributed by atoms with Crippen molar-refractivity contribution in [1.29, 1.82) is 0 Å². The summed E-state index contributed by atoms with van der Waals surface area (Å²) < 4.78 is 6.45. The van der Waals surface area contributed by atoms with Gasteiger partial charge < -0.3 is 5.32 Å². The average molecular weight is 496 g/mol. The molecule has 0 saturated heterocycles. The maximum Gasteiger partial charge on any atom is 0.276 e. The van der Waals surface area contributed by atoms with Crippen LogP contribution >= 0.6 is 15.9 Å². The Morgan fingerprint density at radius 1 is 0.938 bits per heavy atom. The van der Waals surface area contributed by atoms with Crippen LogP contribution in [-0.2, 0) is 13.2 Å². The number of aryl methyl sites for hydroxylation is 3. The van der Waals surface area contributed by atoms with Crippen LogP contribution in [0.2, 0.25) is 0 Å². The van der Waals surface area contributed by atoms with Gasteiger partial charge in [-0.3, -0.25) is 14.2 Å². The molecular weight excluding hydrogens is 470 g/mol. The summed E-state index contributed by atoms with van der Waals surface area (Å²) in [6, 6.07) is 9.94. The van der Waals surface area contributed by atoms with Gasteiger partial charge in [-0.2, -0.15) is 15.3 Å². The molecule has 0 aliphatic heterocycles. The van der Waals surface area contributed by atoms with E-state index in [9.17, 15) is 4.79 Å². The van der Waals surface area contributed by atoms with Crippen molar-refractivity contribution in [1.82, 2.24) is 29.3 Å². The van der Waals surface area contributed by atoms with Crippen LogP contribution in [0.3, 0.4) is 0 Å². The molecule has 0 spiro atoms. The van der Waals surface area contributed by atoms with Gasteiger partial charge in [-0.15, -0.1) is 0 Å². The molecule has 8 nitrogen and oxygen atoms in total. The van der Waals surface area contributed by atoms with E-state index >= 15 is 0 Å². The summed E-state index contributed by atoms with van der Waals surface area (Å²) in [4.78, 5) is 12.9. The predicted molar refractivity (Wildman–Crippen MR) is 127 cm³/mol. The number of nitrogens with one attached hydrogen (secondary N) is 1. The van der Waals surface area contributed by atoms with Gasteiger partial charge in [0.05, 0.1) is 39.5 Å². The second kappa shape index (κ2) is 8.74. The molecule has 1 aromatic carbocycles. The third-order valence-corrected chi connectivity index (χ3v) is 6.79. The molecule has 0 bridgehead atoms. The first-order valence-corrected chi connectivity index (χ1v) is 11.2. The maximum absolute atomic E-state index is 12.9. The third kappa shape index (κ3) is 4.25. The lowest BCUT2D eigenvalue weighted by molar-refractivity contribution is 0.102. The number of hydrogen-bond donors (Lipinski definition) is 1. The van der Waals surface area contributed by atoms with E-state index in [2.05, 4.69) is 55.6 Å².